The molecule has 3 aromatic rings. The fraction of sp³-hybridized carbons (Fsp3) is 0.581. The molecule has 0 saturated carbocycles. The quantitative estimate of drug-likeness (QED) is 0.0699. The third kappa shape index (κ3) is 24.4. The topological polar surface area (TPSA) is 160 Å². The molecule has 70 heavy (non-hydrogen) atoms. The number of rotatable bonds is 26. The molecule has 0 fully saturated rings. The van der Waals surface area contributed by atoms with Crippen molar-refractivity contribution in [3.05, 3.63) is 84.9 Å². The van der Waals surface area contributed by atoms with Crippen molar-refractivity contribution in [1.82, 2.24) is 0 Å². The number of benzene rings is 3. The Balaban J connectivity index is 0.000000990. The molecule has 0 spiro atoms. The first-order valence-electron chi connectivity index (χ1n) is 22.5. The molecule has 0 bridgehead atoms. The van der Waals surface area contributed by atoms with Gasteiger partial charge in [0, 0.05) is 102 Å². The van der Waals surface area contributed by atoms with Crippen LogP contribution in [0.1, 0.15) is 0 Å². The fourth-order valence-electron chi connectivity index (χ4n) is 6.11. The Morgan fingerprint density at radius 3 is 0.771 bits per heavy atom. The van der Waals surface area contributed by atoms with Crippen molar-refractivity contribution < 1.29 is 73.7 Å². The zero-order valence-corrected chi connectivity index (χ0v) is 56.0. The molecule has 18 nitrogen and oxygen atoms in total. The monoisotopic (exact) mass is 1140 g/mol. The van der Waals surface area contributed by atoms with E-state index in [1.165, 1.54) is 42.7 Å². The van der Waals surface area contributed by atoms with E-state index in [-0.39, 0.29) is 0 Å². The normalized spacial score (nSPS) is 13.7. The average Bonchev–Trinajstić information content (AvgIpc) is 3.33. The third-order valence-corrected chi connectivity index (χ3v) is 37.6. The summed E-state index contributed by atoms with van der Waals surface area (Å²) >= 11 is 0. The van der Waals surface area contributed by atoms with E-state index >= 15 is 0 Å². The maximum absolute atomic E-state index is 6.40. The van der Waals surface area contributed by atoms with E-state index in [1.54, 1.807) is 42.7 Å². The molecule has 0 aromatic heterocycles. The minimum atomic E-state index is -3.23. The summed E-state index contributed by atoms with van der Waals surface area (Å²) in [4.78, 5) is 2.24. The van der Waals surface area contributed by atoms with Crippen molar-refractivity contribution in [2.75, 3.05) is 90.2 Å². The van der Waals surface area contributed by atoms with Crippen molar-refractivity contribution >= 4 is 100 Å². The molecule has 1 unspecified atom stereocenters. The molecule has 3 rings (SSSR count). The first kappa shape index (κ1) is 68.7. The van der Waals surface area contributed by atoms with Gasteiger partial charge in [-0.25, -0.2) is 0 Å². The highest BCUT2D eigenvalue weighted by molar-refractivity contribution is 6.87. The van der Waals surface area contributed by atoms with Gasteiger partial charge in [0.05, 0.1) is 0 Å². The molecular formula is C43H89NO17Si9. The SMILES string of the molecule is CO[Si](C)(C)O[Si](C)(C)OC.CO[Si](C)(C)O[Si](C)(C)O[Si](C)(C)OC.CO[Si](C)(C)O[Si](C)(OC)c1ccc(N(c2ccccc2)c2ccccc2)cc1.CO[Si](OC)(OC)O[Si](OC)(OC)OC. The molecule has 404 valence electrons. The van der Waals surface area contributed by atoms with E-state index in [2.05, 4.69) is 84.2 Å². The predicted octanol–water partition coefficient (Wildman–Crippen LogP) is 9.32. The summed E-state index contributed by atoms with van der Waals surface area (Å²) in [5, 5.41) is 1.09. The van der Waals surface area contributed by atoms with E-state index in [0.717, 1.165) is 22.2 Å². The molecular weight excluding hydrogens is 1060 g/mol. The van der Waals surface area contributed by atoms with Crippen LogP contribution >= 0.6 is 0 Å². The van der Waals surface area contributed by atoms with Crippen molar-refractivity contribution in [3.63, 3.8) is 0 Å². The molecule has 27 heteroatoms. The van der Waals surface area contributed by atoms with Gasteiger partial charge in [0.15, 0.2) is 0 Å². The van der Waals surface area contributed by atoms with Crippen LogP contribution in [0.2, 0.25) is 85.1 Å². The molecule has 0 aliphatic carbocycles. The van der Waals surface area contributed by atoms with Gasteiger partial charge < -0.3 is 78.6 Å². The van der Waals surface area contributed by atoms with Crippen LogP contribution in [-0.2, 0) is 73.7 Å². The van der Waals surface area contributed by atoms with Crippen molar-refractivity contribution in [2.24, 2.45) is 0 Å². The maximum atomic E-state index is 6.40. The number of para-hydroxylation sites is 2. The highest BCUT2D eigenvalue weighted by Crippen LogP contribution is 2.34. The first-order chi connectivity index (χ1) is 32.3. The second-order valence-corrected chi connectivity index (χ2v) is 48.1. The van der Waals surface area contributed by atoms with Crippen LogP contribution in [0.5, 0.6) is 0 Å². The Bertz CT molecular complexity index is 1740. The largest absolute Gasteiger partial charge is 0.673 e. The van der Waals surface area contributed by atoms with Crippen molar-refractivity contribution in [2.45, 2.75) is 85.1 Å². The maximum Gasteiger partial charge on any atom is 0.673 e. The average molecular weight is 1140 g/mol. The van der Waals surface area contributed by atoms with Crippen LogP contribution in [0.4, 0.5) is 17.1 Å². The summed E-state index contributed by atoms with van der Waals surface area (Å²) in [6, 6.07) is 29.2. The van der Waals surface area contributed by atoms with Gasteiger partial charge in [-0.1, -0.05) is 48.5 Å². The highest BCUT2D eigenvalue weighted by Gasteiger charge is 2.57. The van der Waals surface area contributed by atoms with Crippen LogP contribution in [-0.4, -0.2) is 163 Å². The number of hydrogen-bond acceptors (Lipinski definition) is 18. The molecule has 0 aliphatic heterocycles. The molecule has 0 aliphatic rings. The van der Waals surface area contributed by atoms with E-state index in [1.807, 2.05) is 90.7 Å². The zero-order valence-electron chi connectivity index (χ0n) is 47.0. The minimum Gasteiger partial charge on any atom is -0.415 e. The van der Waals surface area contributed by atoms with Crippen LogP contribution in [0.3, 0.4) is 0 Å². The van der Waals surface area contributed by atoms with E-state index in [4.69, 9.17) is 73.7 Å². The summed E-state index contributed by atoms with van der Waals surface area (Å²) in [6.07, 6.45) is 0. The van der Waals surface area contributed by atoms with Gasteiger partial charge >= 0.3 is 78.0 Å². The van der Waals surface area contributed by atoms with E-state index < -0.39 is 78.0 Å². The molecule has 0 heterocycles. The Morgan fingerprint density at radius 1 is 0.257 bits per heavy atom. The highest BCUT2D eigenvalue weighted by atomic mass is 28.5. The lowest BCUT2D eigenvalue weighted by Gasteiger charge is -2.36. The second kappa shape index (κ2) is 30.9. The lowest BCUT2D eigenvalue weighted by molar-refractivity contribution is -0.0255. The van der Waals surface area contributed by atoms with Gasteiger partial charge in [-0.3, -0.25) is 0 Å². The second-order valence-electron chi connectivity index (χ2n) is 17.9. The Morgan fingerprint density at radius 2 is 0.514 bits per heavy atom. The van der Waals surface area contributed by atoms with Crippen molar-refractivity contribution in [1.29, 1.82) is 0 Å². The molecule has 0 amide bonds. The smallest absolute Gasteiger partial charge is 0.415 e. The summed E-state index contributed by atoms with van der Waals surface area (Å²) in [5.41, 5.74) is 3.31. The van der Waals surface area contributed by atoms with Crippen LogP contribution in [0, 0.1) is 0 Å². The molecule has 0 N–H and O–H groups in total. The van der Waals surface area contributed by atoms with Crippen LogP contribution in [0.25, 0.3) is 0 Å². The van der Waals surface area contributed by atoms with Gasteiger partial charge in [-0.2, -0.15) is 0 Å². The number of anilines is 3. The lowest BCUT2D eigenvalue weighted by atomic mass is 10.2. The Hall–Kier alpha value is -1.27. The minimum absolute atomic E-state index is 1.09. The Labute approximate surface area is 432 Å². The van der Waals surface area contributed by atoms with Gasteiger partial charge in [0.1, 0.15) is 0 Å². The van der Waals surface area contributed by atoms with Crippen molar-refractivity contribution in [3.8, 4) is 0 Å². The predicted molar refractivity (Wildman–Crippen MR) is 298 cm³/mol. The molecule has 0 saturated heterocycles. The Kier molecular flexibility index (Phi) is 30.4. The summed E-state index contributed by atoms with van der Waals surface area (Å²) in [7, 11) is -2.54. The standard InChI is InChI=1S/C23H29NO3Si2.C8H24O4Si3.C6H18O7Si2.C6H18O3Si2/c1-25-28(3,4)27-29(5,26-2)23-18-16-22(17-19-23)24(20-12-8-6-9-13-20)21-14-10-7-11-15-21;1-9-13(3,4)11-15(7,8)12-14(5,6)10-2;1-7-14(8-2,9-3)13-15(10-4,11-5)12-6;1-7-10(3,4)9-11(5,6)8-2/h6-19H,1-5H3;1-8H3;1-6H3;1-6H3. The fourth-order valence-corrected chi connectivity index (χ4v) is 32.3. The number of nitrogens with zero attached hydrogens (tertiary/aromatic N) is 1. The third-order valence-electron chi connectivity index (χ3n) is 10.2. The van der Waals surface area contributed by atoms with Crippen LogP contribution < -0.4 is 10.1 Å². The van der Waals surface area contributed by atoms with E-state index in [9.17, 15) is 0 Å². The molecule has 0 radical (unpaired) electrons. The molecule has 1 atom stereocenters. The summed E-state index contributed by atoms with van der Waals surface area (Å²) < 4.78 is 92.7. The first-order valence-corrected chi connectivity index (χ1v) is 44.9. The van der Waals surface area contributed by atoms with Gasteiger partial charge in [0.2, 0.25) is 0 Å². The van der Waals surface area contributed by atoms with Crippen LogP contribution in [0.15, 0.2) is 84.9 Å². The lowest BCUT2D eigenvalue weighted by Crippen LogP contribution is -2.59. The van der Waals surface area contributed by atoms with E-state index in [0.29, 0.717) is 0 Å². The molecule has 3 aromatic carbocycles. The van der Waals surface area contributed by atoms with Gasteiger partial charge in [0.25, 0.3) is 0 Å². The summed E-state index contributed by atoms with van der Waals surface area (Å²) in [5.74, 6) is 0. The van der Waals surface area contributed by atoms with Gasteiger partial charge in [-0.05, 0) is 127 Å². The summed E-state index contributed by atoms with van der Waals surface area (Å²) in [6.45, 7) is 26.4. The number of hydrogen-bond donors (Lipinski definition) is 0. The zero-order chi connectivity index (χ0) is 54.3. The van der Waals surface area contributed by atoms with Gasteiger partial charge in [-0.15, -0.1) is 0 Å².